The van der Waals surface area contributed by atoms with Crippen LogP contribution < -0.4 is 4.74 Å². The number of nitrogens with zero attached hydrogens (tertiary/aromatic N) is 1. The zero-order chi connectivity index (χ0) is 14.1. The van der Waals surface area contributed by atoms with Gasteiger partial charge in [-0.2, -0.15) is 0 Å². The van der Waals surface area contributed by atoms with Gasteiger partial charge in [0.1, 0.15) is 11.6 Å². The minimum atomic E-state index is -0.107. The number of imidazole rings is 1. The van der Waals surface area contributed by atoms with E-state index in [1.807, 2.05) is 31.2 Å². The Balaban J connectivity index is 1.86. The first-order valence-electron chi connectivity index (χ1n) is 6.81. The summed E-state index contributed by atoms with van der Waals surface area (Å²) in [6.07, 6.45) is -0.107. The van der Waals surface area contributed by atoms with Crippen LogP contribution in [0.5, 0.6) is 5.75 Å². The van der Waals surface area contributed by atoms with Crippen molar-refractivity contribution in [2.75, 3.05) is 0 Å². The fourth-order valence-corrected chi connectivity index (χ4v) is 2.28. The molecule has 0 fully saturated rings. The second-order valence-electron chi connectivity index (χ2n) is 5.22. The van der Waals surface area contributed by atoms with Gasteiger partial charge in [0.15, 0.2) is 6.10 Å². The predicted octanol–water partition coefficient (Wildman–Crippen LogP) is 4.32. The van der Waals surface area contributed by atoms with Crippen molar-refractivity contribution in [1.29, 1.82) is 0 Å². The number of hydrogen-bond acceptors (Lipinski definition) is 2. The zero-order valence-electron chi connectivity index (χ0n) is 12.0. The number of rotatable bonds is 3. The lowest BCUT2D eigenvalue weighted by molar-refractivity contribution is 0.218. The Bertz CT molecular complexity index is 746. The molecule has 3 nitrogen and oxygen atoms in total. The number of H-pyrrole nitrogens is 1. The highest BCUT2D eigenvalue weighted by Gasteiger charge is 2.12. The summed E-state index contributed by atoms with van der Waals surface area (Å²) in [6.45, 7) is 6.14. The number of hydrogen-bond donors (Lipinski definition) is 1. The molecule has 0 saturated heterocycles. The molecule has 0 unspecified atom stereocenters. The number of aryl methyl sites for hydroxylation is 2. The summed E-state index contributed by atoms with van der Waals surface area (Å²) >= 11 is 0. The van der Waals surface area contributed by atoms with Crippen molar-refractivity contribution >= 4 is 11.0 Å². The van der Waals surface area contributed by atoms with Crippen molar-refractivity contribution in [3.63, 3.8) is 0 Å². The lowest BCUT2D eigenvalue weighted by Crippen LogP contribution is -2.05. The van der Waals surface area contributed by atoms with E-state index in [2.05, 4.69) is 42.0 Å². The minimum Gasteiger partial charge on any atom is -0.483 e. The number of aromatic amines is 1. The molecule has 0 bridgehead atoms. The van der Waals surface area contributed by atoms with Gasteiger partial charge >= 0.3 is 0 Å². The number of fused-ring (bicyclic) bond motifs is 1. The van der Waals surface area contributed by atoms with Crippen molar-refractivity contribution in [1.82, 2.24) is 9.97 Å². The molecule has 2 aromatic carbocycles. The molecule has 3 heteroatoms. The molecular formula is C17H18N2O. The van der Waals surface area contributed by atoms with Gasteiger partial charge in [-0.25, -0.2) is 4.98 Å². The lowest BCUT2D eigenvalue weighted by atomic mass is 10.2. The van der Waals surface area contributed by atoms with Crippen LogP contribution in [0.2, 0.25) is 0 Å². The molecule has 0 aliphatic heterocycles. The van der Waals surface area contributed by atoms with Crippen molar-refractivity contribution in [2.24, 2.45) is 0 Å². The van der Waals surface area contributed by atoms with E-state index in [-0.39, 0.29) is 6.10 Å². The van der Waals surface area contributed by atoms with Gasteiger partial charge in [-0.05, 0) is 56.2 Å². The third-order valence-electron chi connectivity index (χ3n) is 3.34. The molecule has 0 spiro atoms. The third-order valence-corrected chi connectivity index (χ3v) is 3.34. The van der Waals surface area contributed by atoms with Gasteiger partial charge in [-0.15, -0.1) is 0 Å². The molecule has 1 aromatic heterocycles. The van der Waals surface area contributed by atoms with Crippen molar-refractivity contribution in [2.45, 2.75) is 26.9 Å². The summed E-state index contributed by atoms with van der Waals surface area (Å²) in [4.78, 5) is 7.93. The molecule has 0 aliphatic carbocycles. The summed E-state index contributed by atoms with van der Waals surface area (Å²) in [6, 6.07) is 14.3. The van der Waals surface area contributed by atoms with Crippen LogP contribution in [0.4, 0.5) is 0 Å². The van der Waals surface area contributed by atoms with Gasteiger partial charge in [0, 0.05) is 0 Å². The smallest absolute Gasteiger partial charge is 0.153 e. The van der Waals surface area contributed by atoms with Gasteiger partial charge < -0.3 is 9.72 Å². The fourth-order valence-electron chi connectivity index (χ4n) is 2.28. The summed E-state index contributed by atoms with van der Waals surface area (Å²) in [5.74, 6) is 1.72. The first-order valence-corrected chi connectivity index (χ1v) is 6.81. The molecule has 1 atom stereocenters. The zero-order valence-corrected chi connectivity index (χ0v) is 12.0. The van der Waals surface area contributed by atoms with Gasteiger partial charge in [0.25, 0.3) is 0 Å². The van der Waals surface area contributed by atoms with Crippen molar-refractivity contribution < 1.29 is 4.74 Å². The molecular weight excluding hydrogens is 248 g/mol. The average Bonchev–Trinajstić information content (AvgIpc) is 2.81. The van der Waals surface area contributed by atoms with Crippen LogP contribution in [-0.4, -0.2) is 9.97 Å². The molecule has 102 valence electrons. The molecule has 0 aliphatic rings. The largest absolute Gasteiger partial charge is 0.483 e. The second-order valence-corrected chi connectivity index (χ2v) is 5.22. The molecule has 20 heavy (non-hydrogen) atoms. The highest BCUT2D eigenvalue weighted by Crippen LogP contribution is 2.23. The van der Waals surface area contributed by atoms with Crippen molar-refractivity contribution in [3.8, 4) is 5.75 Å². The van der Waals surface area contributed by atoms with Crippen LogP contribution in [0.25, 0.3) is 11.0 Å². The van der Waals surface area contributed by atoms with E-state index in [0.717, 1.165) is 22.6 Å². The first-order chi connectivity index (χ1) is 9.61. The maximum Gasteiger partial charge on any atom is 0.153 e. The average molecular weight is 266 g/mol. The Kier molecular flexibility index (Phi) is 3.18. The van der Waals surface area contributed by atoms with Crippen LogP contribution in [0.1, 0.15) is 30.0 Å². The lowest BCUT2D eigenvalue weighted by Gasteiger charge is -2.12. The van der Waals surface area contributed by atoms with E-state index in [0.29, 0.717) is 0 Å². The van der Waals surface area contributed by atoms with Gasteiger partial charge in [-0.1, -0.05) is 18.2 Å². The minimum absolute atomic E-state index is 0.107. The molecule has 0 radical (unpaired) electrons. The molecule has 1 heterocycles. The Morgan fingerprint density at radius 1 is 1.05 bits per heavy atom. The predicted molar refractivity (Wildman–Crippen MR) is 81.1 cm³/mol. The van der Waals surface area contributed by atoms with Crippen LogP contribution in [0.15, 0.2) is 42.5 Å². The Morgan fingerprint density at radius 3 is 2.65 bits per heavy atom. The summed E-state index contributed by atoms with van der Waals surface area (Å²) < 4.78 is 5.95. The summed E-state index contributed by atoms with van der Waals surface area (Å²) in [5.41, 5.74) is 4.44. The summed E-state index contributed by atoms with van der Waals surface area (Å²) in [7, 11) is 0. The van der Waals surface area contributed by atoms with Crippen LogP contribution in [0.3, 0.4) is 0 Å². The van der Waals surface area contributed by atoms with E-state index < -0.39 is 0 Å². The fraction of sp³-hybridized carbons (Fsp3) is 0.235. The third kappa shape index (κ3) is 2.52. The van der Waals surface area contributed by atoms with E-state index in [1.54, 1.807) is 0 Å². The maximum absolute atomic E-state index is 5.95. The van der Waals surface area contributed by atoms with Crippen LogP contribution >= 0.6 is 0 Å². The van der Waals surface area contributed by atoms with Crippen molar-refractivity contribution in [3.05, 3.63) is 59.4 Å². The number of aromatic nitrogens is 2. The Morgan fingerprint density at radius 2 is 1.85 bits per heavy atom. The molecule has 0 amide bonds. The van der Waals surface area contributed by atoms with E-state index in [1.165, 1.54) is 11.1 Å². The van der Waals surface area contributed by atoms with Gasteiger partial charge in [-0.3, -0.25) is 0 Å². The van der Waals surface area contributed by atoms with Gasteiger partial charge in [0.05, 0.1) is 11.0 Å². The van der Waals surface area contributed by atoms with E-state index >= 15 is 0 Å². The molecule has 3 aromatic rings. The van der Waals surface area contributed by atoms with E-state index in [9.17, 15) is 0 Å². The molecule has 0 saturated carbocycles. The van der Waals surface area contributed by atoms with E-state index in [4.69, 9.17) is 4.74 Å². The Hall–Kier alpha value is -2.29. The van der Waals surface area contributed by atoms with Crippen LogP contribution in [-0.2, 0) is 0 Å². The SMILES string of the molecule is Cc1cccc(O[C@@H](C)c2nc3ccc(C)cc3[nH]2)c1. The van der Waals surface area contributed by atoms with Crippen LogP contribution in [0, 0.1) is 13.8 Å². The topological polar surface area (TPSA) is 37.9 Å². The number of ether oxygens (including phenoxy) is 1. The molecule has 3 rings (SSSR count). The van der Waals surface area contributed by atoms with Gasteiger partial charge in [0.2, 0.25) is 0 Å². The monoisotopic (exact) mass is 266 g/mol. The maximum atomic E-state index is 5.95. The number of nitrogens with one attached hydrogen (secondary N) is 1. The number of benzene rings is 2. The quantitative estimate of drug-likeness (QED) is 0.766. The molecule has 1 N–H and O–H groups in total. The normalized spacial score (nSPS) is 12.6. The Labute approximate surface area is 118 Å². The standard InChI is InChI=1S/C17H18N2O/c1-11-5-4-6-14(9-11)20-13(3)17-18-15-8-7-12(2)10-16(15)19-17/h4-10,13H,1-3H3,(H,18,19)/t13-/m0/s1. The first kappa shape index (κ1) is 12.7. The summed E-state index contributed by atoms with van der Waals surface area (Å²) in [5, 5.41) is 0. The second kappa shape index (κ2) is 5.00. The highest BCUT2D eigenvalue weighted by molar-refractivity contribution is 5.75. The highest BCUT2D eigenvalue weighted by atomic mass is 16.5.